The van der Waals surface area contributed by atoms with Crippen LogP contribution in [0.5, 0.6) is 5.88 Å². The van der Waals surface area contributed by atoms with Crippen LogP contribution in [0.15, 0.2) is 36.5 Å². The van der Waals surface area contributed by atoms with Crippen LogP contribution in [0, 0.1) is 11.3 Å². The maximum atomic E-state index is 13.8. The van der Waals surface area contributed by atoms with E-state index in [1.54, 1.807) is 6.20 Å². The highest BCUT2D eigenvalue weighted by Gasteiger charge is 2.45. The van der Waals surface area contributed by atoms with Crippen LogP contribution in [0.3, 0.4) is 0 Å². The van der Waals surface area contributed by atoms with Gasteiger partial charge in [-0.1, -0.05) is 51.0 Å². The number of benzene rings is 1. The lowest BCUT2D eigenvalue weighted by molar-refractivity contribution is -0.149. The molecule has 1 aromatic carbocycles. The average molecular weight is 522 g/mol. The molecule has 0 spiro atoms. The van der Waals surface area contributed by atoms with Gasteiger partial charge in [-0.05, 0) is 48.3 Å². The topological polar surface area (TPSA) is 118 Å². The molecule has 9 nitrogen and oxygen atoms in total. The number of pyridine rings is 1. The Kier molecular flexibility index (Phi) is 7.27. The molecule has 4 bridgehead atoms. The molecular formula is C29H35N3O6. The molecule has 2 aliphatic heterocycles. The quantitative estimate of drug-likeness (QED) is 0.602. The number of carbonyl (C=O) groups is 3. The van der Waals surface area contributed by atoms with Crippen molar-refractivity contribution in [3.05, 3.63) is 42.1 Å². The van der Waals surface area contributed by atoms with Crippen LogP contribution in [0.2, 0.25) is 0 Å². The lowest BCUT2D eigenvalue weighted by Gasteiger charge is -2.30. The second-order valence-electron chi connectivity index (χ2n) is 11.4. The molecule has 0 radical (unpaired) electrons. The summed E-state index contributed by atoms with van der Waals surface area (Å²) in [6.45, 7) is 4.31. The summed E-state index contributed by atoms with van der Waals surface area (Å²) in [5.41, 5.74) is 0.645. The summed E-state index contributed by atoms with van der Waals surface area (Å²) < 4.78 is 11.8. The van der Waals surface area contributed by atoms with Crippen molar-refractivity contribution in [2.24, 2.45) is 11.3 Å². The summed E-state index contributed by atoms with van der Waals surface area (Å²) in [5, 5.41) is 14.6. The molecule has 202 valence electrons. The zero-order valence-corrected chi connectivity index (χ0v) is 21.9. The Bertz CT molecular complexity index is 1250. The minimum absolute atomic E-state index is 0.0656. The summed E-state index contributed by atoms with van der Waals surface area (Å²) in [4.78, 5) is 44.7. The van der Waals surface area contributed by atoms with Gasteiger partial charge in [0.1, 0.15) is 18.2 Å². The van der Waals surface area contributed by atoms with Crippen molar-refractivity contribution in [2.45, 2.75) is 70.6 Å². The Hall–Kier alpha value is -3.62. The van der Waals surface area contributed by atoms with Gasteiger partial charge < -0.3 is 24.8 Å². The first-order valence-corrected chi connectivity index (χ1v) is 13.4. The fraction of sp³-hybridized carbons (Fsp3) is 0.517. The molecule has 3 aliphatic rings. The largest absolute Gasteiger partial charge is 0.480 e. The van der Waals surface area contributed by atoms with Crippen molar-refractivity contribution in [3.63, 3.8) is 0 Å². The summed E-state index contributed by atoms with van der Waals surface area (Å²) in [6, 6.07) is 6.02. The minimum atomic E-state index is -1.09. The molecule has 2 amide bonds. The number of nitrogens with one attached hydrogen (secondary N) is 1. The van der Waals surface area contributed by atoms with Crippen LogP contribution in [-0.4, -0.2) is 64.3 Å². The molecule has 3 heterocycles. The fourth-order valence-electron chi connectivity index (χ4n) is 5.73. The van der Waals surface area contributed by atoms with E-state index in [2.05, 4.69) is 16.4 Å². The third-order valence-electron chi connectivity index (χ3n) is 7.85. The second-order valence-corrected chi connectivity index (χ2v) is 11.4. The second kappa shape index (κ2) is 10.6. The summed E-state index contributed by atoms with van der Waals surface area (Å²) in [5.74, 6) is -1.15. The maximum Gasteiger partial charge on any atom is 0.407 e. The molecule has 2 fully saturated rings. The number of aromatic nitrogens is 1. The molecule has 1 aromatic heterocycles. The van der Waals surface area contributed by atoms with E-state index in [4.69, 9.17) is 9.47 Å². The Balaban J connectivity index is 1.52. The number of carboxylic acids is 1. The Morgan fingerprint density at radius 3 is 2.74 bits per heavy atom. The first-order chi connectivity index (χ1) is 18.2. The SMILES string of the molecule is CC1(C)C/C=C/c2ccc3ccnc(c3c2)O[C@@H]2C[C@@H](C(=O)O)N(C2)C(=O)[C@H](C2CCCC2)NC(=O)OC1. The molecule has 5 rings (SSSR count). The van der Waals surface area contributed by atoms with E-state index >= 15 is 0 Å². The molecule has 0 unspecified atom stereocenters. The zero-order valence-electron chi connectivity index (χ0n) is 21.9. The number of cyclic esters (lactones) is 1. The van der Waals surface area contributed by atoms with E-state index in [1.165, 1.54) is 4.90 Å². The van der Waals surface area contributed by atoms with Gasteiger partial charge in [-0.25, -0.2) is 14.6 Å². The fourth-order valence-corrected chi connectivity index (χ4v) is 5.73. The Morgan fingerprint density at radius 1 is 1.18 bits per heavy atom. The van der Waals surface area contributed by atoms with Gasteiger partial charge in [-0.15, -0.1) is 0 Å². The summed E-state index contributed by atoms with van der Waals surface area (Å²) in [6.07, 6.45) is 8.86. The molecular weight excluding hydrogens is 486 g/mol. The predicted octanol–water partition coefficient (Wildman–Crippen LogP) is 4.40. The van der Waals surface area contributed by atoms with Gasteiger partial charge >= 0.3 is 12.1 Å². The van der Waals surface area contributed by atoms with Gasteiger partial charge in [0.25, 0.3) is 0 Å². The highest BCUT2D eigenvalue weighted by molar-refractivity contribution is 5.91. The minimum Gasteiger partial charge on any atom is -0.480 e. The van der Waals surface area contributed by atoms with Crippen molar-refractivity contribution in [2.75, 3.05) is 13.2 Å². The molecule has 38 heavy (non-hydrogen) atoms. The van der Waals surface area contributed by atoms with E-state index in [0.717, 1.165) is 42.0 Å². The number of rotatable bonds is 2. The van der Waals surface area contributed by atoms with Crippen LogP contribution < -0.4 is 10.1 Å². The molecule has 9 heteroatoms. The standard InChI is InChI=1S/C29H35N3O6/c1-29(2)12-5-6-18-9-10-19-11-13-30-25(22(19)14-18)38-21-15-23(27(34)35)32(16-21)26(33)24(20-7-3-4-8-20)31-28(36)37-17-29/h5-6,9-11,13-14,20-21,23-24H,3-4,7-8,12,15-17H2,1-2H3,(H,31,36)(H,34,35)/b6-5+/t21-,23+,24+/m1/s1. The van der Waals surface area contributed by atoms with Gasteiger partial charge in [0.05, 0.1) is 13.2 Å². The van der Waals surface area contributed by atoms with Crippen LogP contribution in [0.4, 0.5) is 4.79 Å². The van der Waals surface area contributed by atoms with Crippen LogP contribution in [0.25, 0.3) is 16.8 Å². The molecule has 1 aliphatic carbocycles. The normalized spacial score (nSPS) is 27.3. The summed E-state index contributed by atoms with van der Waals surface area (Å²) >= 11 is 0. The number of ether oxygens (including phenoxy) is 2. The Morgan fingerprint density at radius 2 is 1.97 bits per heavy atom. The number of allylic oxidation sites excluding steroid dienone is 1. The van der Waals surface area contributed by atoms with E-state index in [1.807, 2.05) is 44.2 Å². The van der Waals surface area contributed by atoms with Gasteiger partial charge in [-0.2, -0.15) is 0 Å². The number of carboxylic acid groups (broad SMARTS) is 1. The first-order valence-electron chi connectivity index (χ1n) is 13.4. The number of amides is 2. The van der Waals surface area contributed by atoms with Gasteiger partial charge in [-0.3, -0.25) is 4.79 Å². The van der Waals surface area contributed by atoms with Crippen LogP contribution >= 0.6 is 0 Å². The van der Waals surface area contributed by atoms with E-state index in [0.29, 0.717) is 12.3 Å². The predicted molar refractivity (Wildman–Crippen MR) is 142 cm³/mol. The number of carbonyl (C=O) groups excluding carboxylic acids is 2. The van der Waals surface area contributed by atoms with E-state index < -0.39 is 36.2 Å². The molecule has 2 N–H and O–H groups in total. The lowest BCUT2D eigenvalue weighted by atomic mass is 9.90. The van der Waals surface area contributed by atoms with Crippen LogP contribution in [-0.2, 0) is 14.3 Å². The van der Waals surface area contributed by atoms with Gasteiger partial charge in [0.2, 0.25) is 11.8 Å². The van der Waals surface area contributed by atoms with E-state index in [-0.39, 0.29) is 30.9 Å². The monoisotopic (exact) mass is 521 g/mol. The number of fused-ring (bicyclic) bond motifs is 3. The summed E-state index contributed by atoms with van der Waals surface area (Å²) in [7, 11) is 0. The number of aliphatic carboxylic acids is 1. The highest BCUT2D eigenvalue weighted by Crippen LogP contribution is 2.33. The average Bonchev–Trinajstić information content (AvgIpc) is 3.56. The number of alkyl carbamates (subject to hydrolysis) is 1. The molecule has 3 atom stereocenters. The first kappa shape index (κ1) is 26.0. The van der Waals surface area contributed by atoms with Gasteiger partial charge in [0.15, 0.2) is 0 Å². The maximum absolute atomic E-state index is 13.8. The van der Waals surface area contributed by atoms with Crippen molar-refractivity contribution < 1.29 is 29.0 Å². The molecule has 1 saturated carbocycles. The Labute approximate surface area is 222 Å². The smallest absolute Gasteiger partial charge is 0.407 e. The van der Waals surface area contributed by atoms with Crippen LogP contribution in [0.1, 0.15) is 57.9 Å². The van der Waals surface area contributed by atoms with Crippen molar-refractivity contribution in [1.82, 2.24) is 15.2 Å². The third-order valence-corrected chi connectivity index (χ3v) is 7.85. The highest BCUT2D eigenvalue weighted by atomic mass is 16.5. The van der Waals surface area contributed by atoms with Crippen molar-refractivity contribution in [1.29, 1.82) is 0 Å². The molecule has 1 saturated heterocycles. The zero-order chi connectivity index (χ0) is 26.9. The van der Waals surface area contributed by atoms with Crippen molar-refractivity contribution >= 4 is 34.8 Å². The molecule has 2 aromatic rings. The number of nitrogens with zero attached hydrogens (tertiary/aromatic N) is 2. The van der Waals surface area contributed by atoms with Gasteiger partial charge in [0, 0.05) is 23.4 Å². The number of hydrogen-bond donors (Lipinski definition) is 2. The van der Waals surface area contributed by atoms with E-state index in [9.17, 15) is 19.5 Å². The third kappa shape index (κ3) is 5.61. The lowest BCUT2D eigenvalue weighted by Crippen LogP contribution is -2.54. The number of hydrogen-bond acceptors (Lipinski definition) is 6. The van der Waals surface area contributed by atoms with Crippen molar-refractivity contribution in [3.8, 4) is 5.88 Å².